The number of benzene rings is 9. The van der Waals surface area contributed by atoms with Crippen LogP contribution in [0.15, 0.2) is 200 Å². The summed E-state index contributed by atoms with van der Waals surface area (Å²) in [6.45, 7) is 14.7. The van der Waals surface area contributed by atoms with Crippen molar-refractivity contribution in [3.05, 3.63) is 233 Å². The van der Waals surface area contributed by atoms with Gasteiger partial charge in [-0.15, -0.1) is 0 Å². The minimum atomic E-state index is -0.220. The summed E-state index contributed by atoms with van der Waals surface area (Å²) in [4.78, 5) is 2.62. The molecule has 13 rings (SSSR count). The van der Waals surface area contributed by atoms with Gasteiger partial charge in [-0.25, -0.2) is 0 Å². The summed E-state index contributed by atoms with van der Waals surface area (Å²) in [6.07, 6.45) is 5.86. The summed E-state index contributed by atoms with van der Waals surface area (Å²) in [5.74, 6) is 0.303. The molecule has 66 heavy (non-hydrogen) atoms. The van der Waals surface area contributed by atoms with E-state index in [9.17, 15) is 0 Å². The van der Waals surface area contributed by atoms with Crippen LogP contribution in [0.25, 0.3) is 71.6 Å². The van der Waals surface area contributed by atoms with E-state index in [1.165, 1.54) is 122 Å². The molecule has 1 atom stereocenters. The van der Waals surface area contributed by atoms with Gasteiger partial charge in [-0.2, -0.15) is 0 Å². The van der Waals surface area contributed by atoms with E-state index >= 15 is 0 Å². The van der Waals surface area contributed by atoms with E-state index in [4.69, 9.17) is 0 Å². The molecule has 0 aliphatic heterocycles. The fourth-order valence-corrected chi connectivity index (χ4v) is 12.9. The summed E-state index contributed by atoms with van der Waals surface area (Å²) >= 11 is 0. The third-order valence-electron chi connectivity index (χ3n) is 16.3. The fraction of sp³-hybridized carbons (Fsp3) is 0.169. The maximum absolute atomic E-state index is 2.62. The van der Waals surface area contributed by atoms with Gasteiger partial charge in [-0.1, -0.05) is 193 Å². The van der Waals surface area contributed by atoms with Crippen LogP contribution < -0.4 is 4.90 Å². The maximum Gasteiger partial charge on any atom is 0.0461 e. The second-order valence-corrected chi connectivity index (χ2v) is 20.9. The molecule has 0 saturated heterocycles. The molecule has 4 aliphatic carbocycles. The summed E-state index contributed by atoms with van der Waals surface area (Å²) in [5.41, 5.74) is 23.8. The number of allylic oxidation sites excluding steroid dienone is 4. The SMILES string of the molecule is CC1(C)c2ccccc2-c2ccc(N(C3=CC=C4c5c(cc(-c6ccccc6)c6ccccc56)C(C)(C)C4C3)c3ccc4c(c3)C(C)(C)c3cc(-c5ccccc5)c5ccccc5c3-4)cc21. The van der Waals surface area contributed by atoms with Gasteiger partial charge in [-0.05, 0) is 165 Å². The fourth-order valence-electron chi connectivity index (χ4n) is 12.9. The lowest BCUT2D eigenvalue weighted by molar-refractivity contribution is 0.407. The Bertz CT molecular complexity index is 3580. The van der Waals surface area contributed by atoms with Crippen LogP contribution in [0.5, 0.6) is 0 Å². The summed E-state index contributed by atoms with van der Waals surface area (Å²) in [5, 5.41) is 5.30. The topological polar surface area (TPSA) is 3.24 Å². The van der Waals surface area contributed by atoms with E-state index in [0.717, 1.165) is 6.42 Å². The number of rotatable bonds is 5. The Morgan fingerprint density at radius 3 is 1.50 bits per heavy atom. The summed E-state index contributed by atoms with van der Waals surface area (Å²) in [7, 11) is 0. The molecule has 4 aliphatic rings. The number of hydrogen-bond donors (Lipinski definition) is 0. The molecule has 1 unspecified atom stereocenters. The van der Waals surface area contributed by atoms with Crippen molar-refractivity contribution in [1.29, 1.82) is 0 Å². The molecule has 1 heteroatoms. The first-order valence-corrected chi connectivity index (χ1v) is 23.9. The van der Waals surface area contributed by atoms with Gasteiger partial charge in [0.2, 0.25) is 0 Å². The highest BCUT2D eigenvalue weighted by Crippen LogP contribution is 2.59. The Morgan fingerprint density at radius 1 is 0.379 bits per heavy atom. The zero-order valence-corrected chi connectivity index (χ0v) is 38.7. The zero-order chi connectivity index (χ0) is 44.7. The van der Waals surface area contributed by atoms with Crippen molar-refractivity contribution in [2.45, 2.75) is 64.2 Å². The van der Waals surface area contributed by atoms with E-state index in [-0.39, 0.29) is 16.2 Å². The van der Waals surface area contributed by atoms with Crippen LogP contribution in [-0.4, -0.2) is 0 Å². The third kappa shape index (κ3) is 5.41. The van der Waals surface area contributed by atoms with Gasteiger partial charge in [-0.3, -0.25) is 0 Å². The highest BCUT2D eigenvalue weighted by molar-refractivity contribution is 6.10. The molecular weight excluding hydrogens is 795 g/mol. The molecule has 318 valence electrons. The molecule has 0 fully saturated rings. The lowest BCUT2D eigenvalue weighted by Gasteiger charge is -2.37. The van der Waals surface area contributed by atoms with E-state index in [0.29, 0.717) is 5.92 Å². The van der Waals surface area contributed by atoms with Crippen LogP contribution in [-0.2, 0) is 16.2 Å². The van der Waals surface area contributed by atoms with Gasteiger partial charge in [0.15, 0.2) is 0 Å². The Kier molecular flexibility index (Phi) is 8.25. The van der Waals surface area contributed by atoms with Crippen molar-refractivity contribution < 1.29 is 0 Å². The molecular formula is C65H53N. The first-order valence-electron chi connectivity index (χ1n) is 23.9. The van der Waals surface area contributed by atoms with Crippen molar-refractivity contribution in [3.8, 4) is 44.5 Å². The standard InChI is InChI=1S/C65H53N/c1-63(2)55-28-18-17-25-47(55)48-32-29-42(35-56(48)63)66(43-30-33-51-57(36-43)64(3,4)59-38-53(40-19-9-7-10-20-40)45-23-13-15-26-49(45)61(51)59)44-31-34-52-58(37-44)65(5,6)60-39-54(41-21-11-8-12-22-41)46-24-14-16-27-50(46)62(52)60/h7-36,38-39,58H,37H2,1-6H3. The molecule has 9 aromatic rings. The van der Waals surface area contributed by atoms with E-state index in [1.807, 2.05) is 0 Å². The van der Waals surface area contributed by atoms with Crippen molar-refractivity contribution in [3.63, 3.8) is 0 Å². The number of fused-ring (bicyclic) bond motifs is 13. The minimum Gasteiger partial charge on any atom is -0.314 e. The van der Waals surface area contributed by atoms with Crippen LogP contribution in [0.4, 0.5) is 11.4 Å². The molecule has 1 nitrogen and oxygen atoms in total. The molecule has 0 bridgehead atoms. The first-order chi connectivity index (χ1) is 32.0. The second-order valence-electron chi connectivity index (χ2n) is 20.9. The Balaban J connectivity index is 0.996. The van der Waals surface area contributed by atoms with Crippen molar-refractivity contribution in [2.24, 2.45) is 5.92 Å². The highest BCUT2D eigenvalue weighted by atomic mass is 15.2. The van der Waals surface area contributed by atoms with Crippen molar-refractivity contribution in [1.82, 2.24) is 0 Å². The third-order valence-corrected chi connectivity index (χ3v) is 16.3. The van der Waals surface area contributed by atoms with Gasteiger partial charge >= 0.3 is 0 Å². The highest BCUT2D eigenvalue weighted by Gasteiger charge is 2.46. The predicted octanol–water partition coefficient (Wildman–Crippen LogP) is 17.4. The number of anilines is 2. The molecule has 0 N–H and O–H groups in total. The van der Waals surface area contributed by atoms with Crippen molar-refractivity contribution >= 4 is 38.5 Å². The van der Waals surface area contributed by atoms with Crippen LogP contribution in [0.3, 0.4) is 0 Å². The average Bonchev–Trinajstić information content (AvgIpc) is 3.83. The van der Waals surface area contributed by atoms with Gasteiger partial charge in [0.05, 0.1) is 0 Å². The Morgan fingerprint density at radius 2 is 0.864 bits per heavy atom. The van der Waals surface area contributed by atoms with E-state index in [1.54, 1.807) is 0 Å². The lowest BCUT2D eigenvalue weighted by Crippen LogP contribution is -2.29. The maximum atomic E-state index is 2.62. The first kappa shape index (κ1) is 39.2. The van der Waals surface area contributed by atoms with Crippen molar-refractivity contribution in [2.75, 3.05) is 4.90 Å². The molecule has 0 saturated carbocycles. The molecule has 0 spiro atoms. The van der Waals surface area contributed by atoms with Gasteiger partial charge < -0.3 is 4.90 Å². The molecule has 0 radical (unpaired) electrons. The minimum absolute atomic E-state index is 0.0967. The Hall–Kier alpha value is -7.22. The quantitative estimate of drug-likeness (QED) is 0.167. The second kappa shape index (κ2) is 13.9. The molecule has 0 aromatic heterocycles. The molecule has 9 aromatic carbocycles. The lowest BCUT2D eigenvalue weighted by atomic mass is 9.73. The Labute approximate surface area is 389 Å². The normalized spacial score (nSPS) is 17.6. The van der Waals surface area contributed by atoms with E-state index in [2.05, 4.69) is 241 Å². The smallest absolute Gasteiger partial charge is 0.0461 e. The van der Waals surface area contributed by atoms with Crippen LogP contribution in [0.2, 0.25) is 0 Å². The molecule has 0 heterocycles. The molecule has 0 amide bonds. The van der Waals surface area contributed by atoms with Crippen LogP contribution in [0.1, 0.15) is 81.3 Å². The average molecular weight is 848 g/mol. The monoisotopic (exact) mass is 847 g/mol. The van der Waals surface area contributed by atoms with Crippen LogP contribution >= 0.6 is 0 Å². The predicted molar refractivity (Wildman–Crippen MR) is 280 cm³/mol. The largest absolute Gasteiger partial charge is 0.314 e. The van der Waals surface area contributed by atoms with E-state index < -0.39 is 0 Å². The van der Waals surface area contributed by atoms with Crippen LogP contribution in [0, 0.1) is 5.92 Å². The number of nitrogens with zero attached hydrogens (tertiary/aromatic N) is 1. The zero-order valence-electron chi connectivity index (χ0n) is 38.7. The van der Waals surface area contributed by atoms with Gasteiger partial charge in [0.1, 0.15) is 0 Å². The van der Waals surface area contributed by atoms with Gasteiger partial charge in [0.25, 0.3) is 0 Å². The van der Waals surface area contributed by atoms with Gasteiger partial charge in [0, 0.05) is 27.9 Å². The number of hydrogen-bond acceptors (Lipinski definition) is 1. The summed E-state index contributed by atoms with van der Waals surface area (Å²) in [6, 6.07) is 68.7. The summed E-state index contributed by atoms with van der Waals surface area (Å²) < 4.78 is 0.